The SMILES string of the molecule is O=S(=O)(Cc1cc(N2CCOCC2)nc(-c2ccccn2)n1)c1ccc(F)cc1. The molecule has 0 saturated carbocycles. The van der Waals surface area contributed by atoms with Crippen LogP contribution in [0.25, 0.3) is 11.5 Å². The van der Waals surface area contributed by atoms with Crippen LogP contribution in [0.3, 0.4) is 0 Å². The number of benzene rings is 1. The molecule has 2 aromatic heterocycles. The first-order valence-corrected chi connectivity index (χ1v) is 10.8. The van der Waals surface area contributed by atoms with Crippen LogP contribution in [0.2, 0.25) is 0 Å². The quantitative estimate of drug-likeness (QED) is 0.593. The van der Waals surface area contributed by atoms with Gasteiger partial charge in [-0.15, -0.1) is 0 Å². The molecule has 29 heavy (non-hydrogen) atoms. The van der Waals surface area contributed by atoms with Gasteiger partial charge >= 0.3 is 0 Å². The molecular formula is C20H19FN4O3S. The highest BCUT2D eigenvalue weighted by atomic mass is 32.2. The maximum atomic E-state index is 13.2. The summed E-state index contributed by atoms with van der Waals surface area (Å²) in [5, 5.41) is 0. The first-order valence-electron chi connectivity index (χ1n) is 9.12. The molecule has 1 aliphatic rings. The van der Waals surface area contributed by atoms with E-state index in [4.69, 9.17) is 4.74 Å². The number of nitrogens with zero attached hydrogens (tertiary/aromatic N) is 4. The highest BCUT2D eigenvalue weighted by Gasteiger charge is 2.21. The van der Waals surface area contributed by atoms with Crippen molar-refractivity contribution in [3.8, 4) is 11.5 Å². The van der Waals surface area contributed by atoms with Gasteiger partial charge < -0.3 is 9.64 Å². The van der Waals surface area contributed by atoms with Gasteiger partial charge in [-0.1, -0.05) is 6.07 Å². The third kappa shape index (κ3) is 4.57. The summed E-state index contributed by atoms with van der Waals surface area (Å²) < 4.78 is 44.2. The van der Waals surface area contributed by atoms with E-state index in [2.05, 4.69) is 15.0 Å². The Balaban J connectivity index is 1.72. The minimum absolute atomic E-state index is 0.0461. The highest BCUT2D eigenvalue weighted by Crippen LogP contribution is 2.23. The average molecular weight is 414 g/mol. The van der Waals surface area contributed by atoms with Gasteiger partial charge in [0.15, 0.2) is 15.7 Å². The molecule has 1 saturated heterocycles. The van der Waals surface area contributed by atoms with Crippen molar-refractivity contribution in [2.24, 2.45) is 0 Å². The summed E-state index contributed by atoms with van der Waals surface area (Å²) in [6, 6.07) is 11.8. The van der Waals surface area contributed by atoms with Crippen molar-refractivity contribution >= 4 is 15.7 Å². The summed E-state index contributed by atoms with van der Waals surface area (Å²) in [6.45, 7) is 2.46. The summed E-state index contributed by atoms with van der Waals surface area (Å²) in [4.78, 5) is 15.4. The summed E-state index contributed by atoms with van der Waals surface area (Å²) in [7, 11) is -3.70. The van der Waals surface area contributed by atoms with Gasteiger partial charge in [0.2, 0.25) is 0 Å². The third-order valence-corrected chi connectivity index (χ3v) is 6.17. The molecule has 1 aromatic carbocycles. The molecule has 9 heteroatoms. The van der Waals surface area contributed by atoms with Crippen LogP contribution >= 0.6 is 0 Å². The highest BCUT2D eigenvalue weighted by molar-refractivity contribution is 7.90. The lowest BCUT2D eigenvalue weighted by Crippen LogP contribution is -2.37. The number of aromatic nitrogens is 3. The first-order chi connectivity index (χ1) is 14.0. The van der Waals surface area contributed by atoms with Gasteiger partial charge in [0.1, 0.15) is 17.3 Å². The predicted molar refractivity (Wildman–Crippen MR) is 106 cm³/mol. The maximum absolute atomic E-state index is 13.2. The Morgan fingerprint density at radius 1 is 1.03 bits per heavy atom. The van der Waals surface area contributed by atoms with Crippen molar-refractivity contribution in [1.82, 2.24) is 15.0 Å². The molecule has 0 amide bonds. The number of ether oxygens (including phenoxy) is 1. The molecule has 3 heterocycles. The van der Waals surface area contributed by atoms with Gasteiger partial charge in [-0.25, -0.2) is 22.8 Å². The summed E-state index contributed by atoms with van der Waals surface area (Å²) in [6.07, 6.45) is 1.63. The maximum Gasteiger partial charge on any atom is 0.184 e. The van der Waals surface area contributed by atoms with Crippen LogP contribution in [0.4, 0.5) is 10.2 Å². The van der Waals surface area contributed by atoms with Crippen LogP contribution < -0.4 is 4.90 Å². The standard InChI is InChI=1S/C20H19FN4O3S/c21-15-4-6-17(7-5-15)29(26,27)14-16-13-19(25-9-11-28-12-10-25)24-20(23-16)18-3-1-2-8-22-18/h1-8,13H,9-12,14H2. The molecule has 1 fully saturated rings. The predicted octanol–water partition coefficient (Wildman–Crippen LogP) is 2.49. The second-order valence-corrected chi connectivity index (χ2v) is 8.56. The largest absolute Gasteiger partial charge is 0.378 e. The number of halogens is 1. The Morgan fingerprint density at radius 2 is 1.79 bits per heavy atom. The van der Waals surface area contributed by atoms with Gasteiger partial charge in [-0.3, -0.25) is 4.98 Å². The van der Waals surface area contributed by atoms with Crippen LogP contribution in [-0.4, -0.2) is 49.7 Å². The molecule has 0 bridgehead atoms. The third-order valence-electron chi connectivity index (χ3n) is 4.51. The zero-order valence-corrected chi connectivity index (χ0v) is 16.3. The normalized spacial score (nSPS) is 14.7. The molecule has 7 nitrogen and oxygen atoms in total. The lowest BCUT2D eigenvalue weighted by molar-refractivity contribution is 0.122. The van der Waals surface area contributed by atoms with Crippen molar-refractivity contribution < 1.29 is 17.5 Å². The summed E-state index contributed by atoms with van der Waals surface area (Å²) in [5.41, 5.74) is 0.912. The van der Waals surface area contributed by atoms with E-state index in [-0.39, 0.29) is 10.6 Å². The first kappa shape index (κ1) is 19.4. The topological polar surface area (TPSA) is 85.3 Å². The molecule has 0 radical (unpaired) electrons. The Bertz CT molecular complexity index is 1090. The molecule has 1 aliphatic heterocycles. The second kappa shape index (κ2) is 8.22. The minimum atomic E-state index is -3.70. The lowest BCUT2D eigenvalue weighted by atomic mass is 10.3. The van der Waals surface area contributed by atoms with Crippen LogP contribution in [0.15, 0.2) is 59.6 Å². The van der Waals surface area contributed by atoms with Crippen molar-refractivity contribution in [3.05, 3.63) is 66.2 Å². The van der Waals surface area contributed by atoms with Crippen LogP contribution in [0, 0.1) is 5.82 Å². The number of hydrogen-bond acceptors (Lipinski definition) is 7. The number of hydrogen-bond donors (Lipinski definition) is 0. The molecule has 0 N–H and O–H groups in total. The molecule has 3 aromatic rings. The van der Waals surface area contributed by atoms with E-state index in [1.165, 1.54) is 12.1 Å². The van der Waals surface area contributed by atoms with E-state index in [0.717, 1.165) is 12.1 Å². The molecule has 0 atom stereocenters. The molecule has 4 rings (SSSR count). The van der Waals surface area contributed by atoms with Crippen LogP contribution in [-0.2, 0) is 20.3 Å². The van der Waals surface area contributed by atoms with E-state index < -0.39 is 15.7 Å². The van der Waals surface area contributed by atoms with Crippen molar-refractivity contribution in [1.29, 1.82) is 0 Å². The van der Waals surface area contributed by atoms with Crippen LogP contribution in [0.5, 0.6) is 0 Å². The van der Waals surface area contributed by atoms with Crippen molar-refractivity contribution in [2.45, 2.75) is 10.6 Å². The van der Waals surface area contributed by atoms with E-state index in [1.54, 1.807) is 24.4 Å². The van der Waals surface area contributed by atoms with Gasteiger partial charge in [0.25, 0.3) is 0 Å². The van der Waals surface area contributed by atoms with Gasteiger partial charge in [-0.05, 0) is 36.4 Å². The van der Waals surface area contributed by atoms with E-state index in [9.17, 15) is 12.8 Å². The number of morpholine rings is 1. The molecule has 0 spiro atoms. The zero-order chi connectivity index (χ0) is 20.3. The van der Waals surface area contributed by atoms with Gasteiger partial charge in [-0.2, -0.15) is 0 Å². The fourth-order valence-corrected chi connectivity index (χ4v) is 4.30. The van der Waals surface area contributed by atoms with Crippen molar-refractivity contribution in [2.75, 3.05) is 31.2 Å². The number of pyridine rings is 1. The fourth-order valence-electron chi connectivity index (χ4n) is 3.04. The fraction of sp³-hybridized carbons (Fsp3) is 0.250. The van der Waals surface area contributed by atoms with Crippen molar-refractivity contribution in [3.63, 3.8) is 0 Å². The zero-order valence-electron chi connectivity index (χ0n) is 15.5. The molecule has 0 aliphatic carbocycles. The number of sulfone groups is 1. The van der Waals surface area contributed by atoms with Gasteiger partial charge in [0, 0.05) is 25.4 Å². The Kier molecular flexibility index (Phi) is 5.50. The van der Waals surface area contributed by atoms with E-state index >= 15 is 0 Å². The number of anilines is 1. The van der Waals surface area contributed by atoms with Crippen LogP contribution in [0.1, 0.15) is 5.69 Å². The summed E-state index contributed by atoms with van der Waals surface area (Å²) >= 11 is 0. The number of rotatable bonds is 5. The Morgan fingerprint density at radius 3 is 2.48 bits per heavy atom. The minimum Gasteiger partial charge on any atom is -0.378 e. The van der Waals surface area contributed by atoms with E-state index in [1.807, 2.05) is 11.0 Å². The average Bonchev–Trinajstić information content (AvgIpc) is 2.75. The second-order valence-electron chi connectivity index (χ2n) is 6.57. The summed E-state index contributed by atoms with van der Waals surface area (Å²) in [5.74, 6) is 0.184. The molecule has 150 valence electrons. The van der Waals surface area contributed by atoms with Gasteiger partial charge in [0.05, 0.1) is 29.6 Å². The molecule has 0 unspecified atom stereocenters. The smallest absolute Gasteiger partial charge is 0.184 e. The Hall–Kier alpha value is -2.91. The molecular weight excluding hydrogens is 395 g/mol. The monoisotopic (exact) mass is 414 g/mol. The van der Waals surface area contributed by atoms with E-state index in [0.29, 0.717) is 49.3 Å². The lowest BCUT2D eigenvalue weighted by Gasteiger charge is -2.28. The Labute approximate surface area is 168 Å².